The van der Waals surface area contributed by atoms with E-state index in [0.29, 0.717) is 16.4 Å². The Balaban J connectivity index is 1.90. The minimum Gasteiger partial charge on any atom is -0.376 e. The fourth-order valence-electron chi connectivity index (χ4n) is 2.28. The highest BCUT2D eigenvalue weighted by atomic mass is 35.5. The molecule has 0 bridgehead atoms. The number of nitro benzene ring substituents is 1. The molecular formula is C18H19ClN4O4. The first-order valence-corrected chi connectivity index (χ1v) is 8.43. The standard InChI is InChI=1S/C18H19ClN4O4/c1-12-7-8-13(23(26)27)9-16(12)20-10-18(25)22(2)11-17(24)21-15-6-4-3-5-14(15)19/h3-9,20H,10-11H2,1-2H3,(H,21,24). The number of non-ortho nitro benzene ring substituents is 1. The van der Waals surface area contributed by atoms with Crippen molar-refractivity contribution >= 4 is 40.5 Å². The van der Waals surface area contributed by atoms with Crippen LogP contribution in [0, 0.1) is 17.0 Å². The molecule has 2 N–H and O–H groups in total. The highest BCUT2D eigenvalue weighted by Crippen LogP contribution is 2.22. The maximum absolute atomic E-state index is 12.2. The number of para-hydroxylation sites is 1. The Labute approximate surface area is 161 Å². The third-order valence-electron chi connectivity index (χ3n) is 3.82. The van der Waals surface area contributed by atoms with Crippen LogP contribution in [0.4, 0.5) is 17.1 Å². The number of halogens is 1. The van der Waals surface area contributed by atoms with Gasteiger partial charge in [0.15, 0.2) is 0 Å². The summed E-state index contributed by atoms with van der Waals surface area (Å²) in [5, 5.41) is 16.8. The molecule has 0 aliphatic carbocycles. The monoisotopic (exact) mass is 390 g/mol. The minimum absolute atomic E-state index is 0.0666. The Morgan fingerprint density at radius 1 is 1.19 bits per heavy atom. The quantitative estimate of drug-likeness (QED) is 0.558. The van der Waals surface area contributed by atoms with Gasteiger partial charge in [0.1, 0.15) is 0 Å². The van der Waals surface area contributed by atoms with E-state index in [9.17, 15) is 19.7 Å². The van der Waals surface area contributed by atoms with Crippen molar-refractivity contribution in [1.82, 2.24) is 4.90 Å². The van der Waals surface area contributed by atoms with E-state index < -0.39 is 4.92 Å². The van der Waals surface area contributed by atoms with Crippen molar-refractivity contribution in [2.75, 3.05) is 30.8 Å². The number of hydrogen-bond donors (Lipinski definition) is 2. The first-order valence-electron chi connectivity index (χ1n) is 8.05. The Morgan fingerprint density at radius 3 is 2.56 bits per heavy atom. The van der Waals surface area contributed by atoms with Crippen LogP contribution in [0.3, 0.4) is 0 Å². The first kappa shape index (κ1) is 20.2. The number of hydrogen-bond acceptors (Lipinski definition) is 5. The van der Waals surface area contributed by atoms with Crippen LogP contribution in [-0.2, 0) is 9.59 Å². The van der Waals surface area contributed by atoms with Crippen LogP contribution in [0.2, 0.25) is 5.02 Å². The summed E-state index contributed by atoms with van der Waals surface area (Å²) in [5.74, 6) is -0.722. The number of benzene rings is 2. The second-order valence-electron chi connectivity index (χ2n) is 5.89. The van der Waals surface area contributed by atoms with Gasteiger partial charge in [-0.05, 0) is 24.6 Å². The zero-order valence-electron chi connectivity index (χ0n) is 14.9. The summed E-state index contributed by atoms with van der Waals surface area (Å²) in [4.78, 5) is 35.9. The number of nitrogens with zero attached hydrogens (tertiary/aromatic N) is 2. The van der Waals surface area contributed by atoms with Crippen LogP contribution < -0.4 is 10.6 Å². The average molecular weight is 391 g/mol. The predicted octanol–water partition coefficient (Wildman–Crippen LogP) is 3.07. The molecule has 0 aliphatic rings. The first-order chi connectivity index (χ1) is 12.8. The van der Waals surface area contributed by atoms with Gasteiger partial charge in [-0.2, -0.15) is 0 Å². The second-order valence-corrected chi connectivity index (χ2v) is 6.29. The summed E-state index contributed by atoms with van der Waals surface area (Å²) in [6, 6.07) is 11.2. The Morgan fingerprint density at radius 2 is 1.89 bits per heavy atom. The van der Waals surface area contributed by atoms with Crippen LogP contribution in [0.5, 0.6) is 0 Å². The van der Waals surface area contributed by atoms with Gasteiger partial charge in [0.25, 0.3) is 5.69 Å². The van der Waals surface area contributed by atoms with Crippen LogP contribution >= 0.6 is 11.6 Å². The normalized spacial score (nSPS) is 10.2. The third-order valence-corrected chi connectivity index (χ3v) is 4.15. The van der Waals surface area contributed by atoms with Crippen molar-refractivity contribution in [2.45, 2.75) is 6.92 Å². The van der Waals surface area contributed by atoms with Gasteiger partial charge in [-0.3, -0.25) is 19.7 Å². The second kappa shape index (κ2) is 9.00. The number of aryl methyl sites for hydroxylation is 1. The van der Waals surface area contributed by atoms with E-state index in [1.54, 1.807) is 37.3 Å². The number of nitro groups is 1. The molecule has 0 heterocycles. The van der Waals surface area contributed by atoms with Crippen LogP contribution in [-0.4, -0.2) is 41.8 Å². The van der Waals surface area contributed by atoms with Gasteiger partial charge in [0.2, 0.25) is 11.8 Å². The molecule has 0 unspecified atom stereocenters. The molecule has 0 fully saturated rings. The molecule has 0 saturated heterocycles. The lowest BCUT2D eigenvalue weighted by atomic mass is 10.2. The van der Waals surface area contributed by atoms with Gasteiger partial charge < -0.3 is 15.5 Å². The summed E-state index contributed by atoms with van der Waals surface area (Å²) in [5.41, 5.74) is 1.66. The number of nitrogens with one attached hydrogen (secondary N) is 2. The van der Waals surface area contributed by atoms with E-state index in [0.717, 1.165) is 5.56 Å². The zero-order valence-corrected chi connectivity index (χ0v) is 15.6. The lowest BCUT2D eigenvalue weighted by molar-refractivity contribution is -0.384. The molecule has 142 valence electrons. The molecule has 2 aromatic rings. The highest BCUT2D eigenvalue weighted by Gasteiger charge is 2.15. The number of carbonyl (C=O) groups excluding carboxylic acids is 2. The van der Waals surface area contributed by atoms with Crippen LogP contribution in [0.1, 0.15) is 5.56 Å². The molecule has 0 radical (unpaired) electrons. The van der Waals surface area contributed by atoms with E-state index in [-0.39, 0.29) is 30.6 Å². The Hall–Kier alpha value is -3.13. The molecule has 2 rings (SSSR count). The van der Waals surface area contributed by atoms with Crippen molar-refractivity contribution in [1.29, 1.82) is 0 Å². The smallest absolute Gasteiger partial charge is 0.271 e. The topological polar surface area (TPSA) is 105 Å². The van der Waals surface area contributed by atoms with E-state index in [4.69, 9.17) is 11.6 Å². The lowest BCUT2D eigenvalue weighted by Crippen LogP contribution is -2.38. The highest BCUT2D eigenvalue weighted by molar-refractivity contribution is 6.33. The average Bonchev–Trinajstić information content (AvgIpc) is 2.62. The molecule has 8 nitrogen and oxygen atoms in total. The van der Waals surface area contributed by atoms with Gasteiger partial charge in [-0.25, -0.2) is 0 Å². The van der Waals surface area contributed by atoms with Crippen molar-refractivity contribution in [2.24, 2.45) is 0 Å². The van der Waals surface area contributed by atoms with Gasteiger partial charge in [0, 0.05) is 24.9 Å². The summed E-state index contributed by atoms with van der Waals surface area (Å²) >= 11 is 5.98. The molecule has 0 atom stereocenters. The SMILES string of the molecule is Cc1ccc([N+](=O)[O-])cc1NCC(=O)N(C)CC(=O)Nc1ccccc1Cl. The summed E-state index contributed by atoms with van der Waals surface area (Å²) < 4.78 is 0. The zero-order chi connectivity index (χ0) is 20.0. The van der Waals surface area contributed by atoms with Crippen LogP contribution in [0.15, 0.2) is 42.5 Å². The molecular weight excluding hydrogens is 372 g/mol. The molecule has 2 amide bonds. The van der Waals surface area contributed by atoms with Gasteiger partial charge in [-0.1, -0.05) is 29.8 Å². The van der Waals surface area contributed by atoms with E-state index >= 15 is 0 Å². The summed E-state index contributed by atoms with van der Waals surface area (Å²) in [6.07, 6.45) is 0. The van der Waals surface area contributed by atoms with Crippen molar-refractivity contribution in [3.05, 3.63) is 63.2 Å². The molecule has 0 aromatic heterocycles. The van der Waals surface area contributed by atoms with Crippen molar-refractivity contribution in [3.63, 3.8) is 0 Å². The maximum atomic E-state index is 12.2. The van der Waals surface area contributed by atoms with Crippen molar-refractivity contribution in [3.8, 4) is 0 Å². The molecule has 2 aromatic carbocycles. The lowest BCUT2D eigenvalue weighted by Gasteiger charge is -2.18. The molecule has 0 spiro atoms. The number of amides is 2. The van der Waals surface area contributed by atoms with Crippen molar-refractivity contribution < 1.29 is 14.5 Å². The third kappa shape index (κ3) is 5.68. The fraction of sp³-hybridized carbons (Fsp3) is 0.222. The maximum Gasteiger partial charge on any atom is 0.271 e. The molecule has 9 heteroatoms. The molecule has 0 saturated carbocycles. The molecule has 0 aliphatic heterocycles. The number of carbonyl (C=O) groups is 2. The minimum atomic E-state index is -0.502. The Kier molecular flexibility index (Phi) is 6.73. The van der Waals surface area contributed by atoms with E-state index in [2.05, 4.69) is 10.6 Å². The number of rotatable bonds is 7. The van der Waals surface area contributed by atoms with E-state index in [1.165, 1.54) is 24.1 Å². The largest absolute Gasteiger partial charge is 0.376 e. The number of likely N-dealkylation sites (N-methyl/N-ethyl adjacent to an activating group) is 1. The summed E-state index contributed by atoms with van der Waals surface area (Å²) in [6.45, 7) is 1.52. The van der Waals surface area contributed by atoms with Gasteiger partial charge in [-0.15, -0.1) is 0 Å². The fourth-order valence-corrected chi connectivity index (χ4v) is 2.46. The van der Waals surface area contributed by atoms with E-state index in [1.807, 2.05) is 0 Å². The summed E-state index contributed by atoms with van der Waals surface area (Å²) in [7, 11) is 1.50. The number of anilines is 2. The van der Waals surface area contributed by atoms with Gasteiger partial charge in [0.05, 0.1) is 28.7 Å². The molecule has 27 heavy (non-hydrogen) atoms. The van der Waals surface area contributed by atoms with Gasteiger partial charge >= 0.3 is 0 Å². The van der Waals surface area contributed by atoms with Crippen LogP contribution in [0.25, 0.3) is 0 Å². The Bertz CT molecular complexity index is 872. The predicted molar refractivity (Wildman–Crippen MR) is 104 cm³/mol.